The van der Waals surface area contributed by atoms with Crippen LogP contribution in [0.2, 0.25) is 0 Å². The average molecular weight is 382 g/mol. The van der Waals surface area contributed by atoms with Gasteiger partial charge in [-0.05, 0) is 50.8 Å². The molecule has 2 aliphatic rings. The topological polar surface area (TPSA) is 79.7 Å². The highest BCUT2D eigenvalue weighted by Crippen LogP contribution is 2.41. The number of likely N-dealkylation sites (tertiary alicyclic amines) is 1. The van der Waals surface area contributed by atoms with Gasteiger partial charge in [0, 0.05) is 37.2 Å². The third kappa shape index (κ3) is 3.15. The number of nitrogens with zero attached hydrogens (tertiary/aromatic N) is 2. The Bertz CT molecular complexity index is 967. The van der Waals surface area contributed by atoms with E-state index in [-0.39, 0.29) is 19.1 Å². The molecule has 1 N–H and O–H groups in total. The number of hydrogen-bond acceptors (Lipinski definition) is 4. The van der Waals surface area contributed by atoms with Crippen LogP contribution in [0.15, 0.2) is 18.2 Å². The summed E-state index contributed by atoms with van der Waals surface area (Å²) in [6.45, 7) is 4.73. The van der Waals surface area contributed by atoms with Crippen LogP contribution in [0.1, 0.15) is 52.4 Å². The van der Waals surface area contributed by atoms with Crippen LogP contribution in [0.4, 0.5) is 0 Å². The molecule has 6 nitrogen and oxygen atoms in total. The Morgan fingerprint density at radius 2 is 2.04 bits per heavy atom. The molecule has 0 bridgehead atoms. The van der Waals surface area contributed by atoms with Gasteiger partial charge < -0.3 is 14.7 Å². The number of fused-ring (bicyclic) bond motifs is 1. The molecule has 0 spiro atoms. The molecular formula is C22H26N2O4. The monoisotopic (exact) mass is 382 g/mol. The number of carboxylic acids is 1. The van der Waals surface area contributed by atoms with Crippen LogP contribution in [0.3, 0.4) is 0 Å². The Labute approximate surface area is 164 Å². The third-order valence-corrected chi connectivity index (χ3v) is 6.01. The summed E-state index contributed by atoms with van der Waals surface area (Å²) in [4.78, 5) is 31.8. The first-order valence-corrected chi connectivity index (χ1v) is 9.78. The van der Waals surface area contributed by atoms with E-state index in [1.54, 1.807) is 4.90 Å². The lowest BCUT2D eigenvalue weighted by Gasteiger charge is -2.24. The highest BCUT2D eigenvalue weighted by molar-refractivity contribution is 6.07. The minimum absolute atomic E-state index is 0.106. The van der Waals surface area contributed by atoms with E-state index in [9.17, 15) is 14.7 Å². The molecule has 6 heteroatoms. The van der Waals surface area contributed by atoms with E-state index in [0.29, 0.717) is 24.4 Å². The standard InChI is InChI=1S/C22H26N2O4/c1-13-8-14(2)19-16(9-13)17(10-18(23-19)15-4-5-15)20(25)24-7-6-22(11-24,12-28-3)21(26)27/h8-10,15H,4-7,11-12H2,1-3H3,(H,26,27). The normalized spacial score (nSPS) is 22.0. The lowest BCUT2D eigenvalue weighted by Crippen LogP contribution is -2.40. The van der Waals surface area contributed by atoms with Crippen molar-refractivity contribution in [1.82, 2.24) is 9.88 Å². The van der Waals surface area contributed by atoms with E-state index >= 15 is 0 Å². The minimum Gasteiger partial charge on any atom is -0.481 e. The van der Waals surface area contributed by atoms with E-state index in [1.807, 2.05) is 26.0 Å². The average Bonchev–Trinajstić information content (AvgIpc) is 3.41. The van der Waals surface area contributed by atoms with E-state index in [4.69, 9.17) is 9.72 Å². The lowest BCUT2D eigenvalue weighted by atomic mass is 9.88. The van der Waals surface area contributed by atoms with Crippen molar-refractivity contribution in [3.63, 3.8) is 0 Å². The van der Waals surface area contributed by atoms with Crippen molar-refractivity contribution in [3.05, 3.63) is 40.6 Å². The van der Waals surface area contributed by atoms with Gasteiger partial charge in [-0.15, -0.1) is 0 Å². The second-order valence-corrected chi connectivity index (χ2v) is 8.34. The van der Waals surface area contributed by atoms with Crippen LogP contribution < -0.4 is 0 Å². The van der Waals surface area contributed by atoms with Gasteiger partial charge in [0.25, 0.3) is 5.91 Å². The number of methoxy groups -OCH3 is 1. The first kappa shape index (κ1) is 18.9. The molecule has 1 amide bonds. The fraction of sp³-hybridized carbons (Fsp3) is 0.500. The van der Waals surface area contributed by atoms with Gasteiger partial charge in [0.1, 0.15) is 5.41 Å². The Kier molecular flexibility index (Phi) is 4.62. The zero-order chi connectivity index (χ0) is 20.1. The molecule has 1 unspecified atom stereocenters. The van der Waals surface area contributed by atoms with Crippen molar-refractivity contribution in [2.75, 3.05) is 26.8 Å². The fourth-order valence-electron chi connectivity index (χ4n) is 4.31. The van der Waals surface area contributed by atoms with Crippen molar-refractivity contribution in [1.29, 1.82) is 0 Å². The number of aromatic nitrogens is 1. The number of carbonyl (C=O) groups excluding carboxylic acids is 1. The van der Waals surface area contributed by atoms with E-state index < -0.39 is 11.4 Å². The van der Waals surface area contributed by atoms with E-state index in [1.165, 1.54) is 7.11 Å². The number of aryl methyl sites for hydroxylation is 2. The maximum atomic E-state index is 13.5. The molecule has 1 atom stereocenters. The molecule has 1 aliphatic carbocycles. The van der Waals surface area contributed by atoms with Crippen LogP contribution in [0.25, 0.3) is 10.9 Å². The summed E-state index contributed by atoms with van der Waals surface area (Å²) in [7, 11) is 1.50. The molecule has 2 aromatic rings. The van der Waals surface area contributed by atoms with Crippen LogP contribution in [-0.2, 0) is 9.53 Å². The van der Waals surface area contributed by atoms with Crippen molar-refractivity contribution < 1.29 is 19.4 Å². The number of ether oxygens (including phenoxy) is 1. The predicted molar refractivity (Wildman–Crippen MR) is 106 cm³/mol. The molecule has 1 saturated carbocycles. The molecule has 1 aromatic heterocycles. The third-order valence-electron chi connectivity index (χ3n) is 6.01. The summed E-state index contributed by atoms with van der Waals surface area (Å²) in [6.07, 6.45) is 2.62. The van der Waals surface area contributed by atoms with Crippen molar-refractivity contribution >= 4 is 22.8 Å². The van der Waals surface area contributed by atoms with Crippen molar-refractivity contribution in [3.8, 4) is 0 Å². The quantitative estimate of drug-likeness (QED) is 0.858. The number of aliphatic carboxylic acids is 1. The first-order valence-electron chi connectivity index (χ1n) is 9.78. The van der Waals surface area contributed by atoms with E-state index in [2.05, 4.69) is 6.07 Å². The van der Waals surface area contributed by atoms with E-state index in [0.717, 1.165) is 40.6 Å². The summed E-state index contributed by atoms with van der Waals surface area (Å²) in [5, 5.41) is 10.6. The van der Waals surface area contributed by atoms with Gasteiger partial charge in [-0.3, -0.25) is 14.6 Å². The number of carboxylic acid groups (broad SMARTS) is 1. The van der Waals surface area contributed by atoms with Crippen LogP contribution in [0, 0.1) is 19.3 Å². The molecule has 4 rings (SSSR count). The lowest BCUT2D eigenvalue weighted by molar-refractivity contribution is -0.151. The molecule has 1 aliphatic heterocycles. The van der Waals surface area contributed by atoms with Gasteiger partial charge in [0.05, 0.1) is 17.7 Å². The molecule has 1 saturated heterocycles. The maximum Gasteiger partial charge on any atom is 0.313 e. The van der Waals surface area contributed by atoms with Gasteiger partial charge in [-0.2, -0.15) is 0 Å². The molecule has 0 radical (unpaired) electrons. The van der Waals surface area contributed by atoms with Gasteiger partial charge in [0.2, 0.25) is 0 Å². The zero-order valence-electron chi connectivity index (χ0n) is 16.6. The van der Waals surface area contributed by atoms with Gasteiger partial charge >= 0.3 is 5.97 Å². The summed E-state index contributed by atoms with van der Waals surface area (Å²) in [5.74, 6) is -0.588. The number of hydrogen-bond donors (Lipinski definition) is 1. The largest absolute Gasteiger partial charge is 0.481 e. The molecule has 1 aromatic carbocycles. The maximum absolute atomic E-state index is 13.5. The smallest absolute Gasteiger partial charge is 0.313 e. The summed E-state index contributed by atoms with van der Waals surface area (Å²) in [6, 6.07) is 6.03. The zero-order valence-corrected chi connectivity index (χ0v) is 16.6. The van der Waals surface area contributed by atoms with Crippen LogP contribution in [-0.4, -0.2) is 53.7 Å². The van der Waals surface area contributed by atoms with Gasteiger partial charge in [-0.25, -0.2) is 0 Å². The molecule has 2 heterocycles. The molecule has 2 fully saturated rings. The fourth-order valence-corrected chi connectivity index (χ4v) is 4.31. The summed E-state index contributed by atoms with van der Waals surface area (Å²) >= 11 is 0. The Balaban J connectivity index is 1.76. The molecular weight excluding hydrogens is 356 g/mol. The Morgan fingerprint density at radius 3 is 2.68 bits per heavy atom. The van der Waals surface area contributed by atoms with Gasteiger partial charge in [-0.1, -0.05) is 11.6 Å². The number of carbonyl (C=O) groups is 2. The van der Waals surface area contributed by atoms with Crippen molar-refractivity contribution in [2.24, 2.45) is 5.41 Å². The first-order chi connectivity index (χ1) is 13.3. The van der Waals surface area contributed by atoms with Gasteiger partial charge in [0.15, 0.2) is 0 Å². The molecule has 28 heavy (non-hydrogen) atoms. The highest BCUT2D eigenvalue weighted by Gasteiger charge is 2.46. The van der Waals surface area contributed by atoms with Crippen molar-refractivity contribution in [2.45, 2.75) is 39.0 Å². The minimum atomic E-state index is -1.03. The molecule has 148 valence electrons. The summed E-state index contributed by atoms with van der Waals surface area (Å²) in [5.41, 5.74) is 3.60. The number of pyridine rings is 1. The second kappa shape index (κ2) is 6.85. The Morgan fingerprint density at radius 1 is 1.29 bits per heavy atom. The summed E-state index contributed by atoms with van der Waals surface area (Å²) < 4.78 is 5.16. The van der Waals surface area contributed by atoms with Crippen LogP contribution >= 0.6 is 0 Å². The number of amides is 1. The SMILES string of the molecule is COCC1(C(=O)O)CCN(C(=O)c2cc(C3CC3)nc3c(C)cc(C)cc23)C1. The highest BCUT2D eigenvalue weighted by atomic mass is 16.5. The Hall–Kier alpha value is -2.47. The van der Waals surface area contributed by atoms with Crippen LogP contribution in [0.5, 0.6) is 0 Å². The number of rotatable bonds is 5. The number of benzene rings is 1. The second-order valence-electron chi connectivity index (χ2n) is 8.34. The predicted octanol–water partition coefficient (Wildman–Crippen LogP) is 3.29.